The number of H-pyrrole nitrogens is 1. The minimum absolute atomic E-state index is 0.497. The van der Waals surface area contributed by atoms with E-state index in [9.17, 15) is 5.26 Å². The number of oxazole rings is 1. The molecular weight excluding hydrogens is 334 g/mol. The second-order valence-corrected chi connectivity index (χ2v) is 6.42. The summed E-state index contributed by atoms with van der Waals surface area (Å²) in [6.45, 7) is 3.56. The molecule has 7 heteroatoms. The van der Waals surface area contributed by atoms with Crippen LogP contribution in [0.25, 0.3) is 11.1 Å². The minimum atomic E-state index is 0.497. The first kappa shape index (κ1) is 15.7. The van der Waals surface area contributed by atoms with Crippen LogP contribution in [0.4, 0.5) is 11.4 Å². The predicted molar refractivity (Wildman–Crippen MR) is 99.4 cm³/mol. The Morgan fingerprint density at radius 3 is 2.88 bits per heavy atom. The maximum atomic E-state index is 9.42. The molecule has 4 rings (SSSR count). The summed E-state index contributed by atoms with van der Waals surface area (Å²) in [5, 5.41) is 9.42. The number of nitrogens with zero attached hydrogens (tertiary/aromatic N) is 4. The van der Waals surface area contributed by atoms with E-state index in [0.717, 1.165) is 55.1 Å². The zero-order valence-corrected chi connectivity index (χ0v) is 14.4. The van der Waals surface area contributed by atoms with Crippen LogP contribution in [-0.4, -0.2) is 36.1 Å². The Balaban J connectivity index is 1.57. The smallest absolute Gasteiger partial charge is 0.181 e. The van der Waals surface area contributed by atoms with Crippen molar-refractivity contribution in [1.29, 1.82) is 5.26 Å². The van der Waals surface area contributed by atoms with E-state index in [4.69, 9.17) is 16.6 Å². The van der Waals surface area contributed by atoms with E-state index in [1.54, 1.807) is 6.20 Å². The number of hydrogen-bond donors (Lipinski definition) is 1. The van der Waals surface area contributed by atoms with Gasteiger partial charge < -0.3 is 19.2 Å². The molecule has 1 saturated heterocycles. The topological polar surface area (TPSA) is 72.1 Å². The van der Waals surface area contributed by atoms with Crippen molar-refractivity contribution < 1.29 is 4.42 Å². The van der Waals surface area contributed by atoms with Gasteiger partial charge in [0, 0.05) is 44.1 Å². The van der Waals surface area contributed by atoms with Gasteiger partial charge >= 0.3 is 0 Å². The lowest BCUT2D eigenvalue weighted by molar-refractivity contribution is 0.602. The summed E-state index contributed by atoms with van der Waals surface area (Å²) >= 11 is 5.25. The van der Waals surface area contributed by atoms with Crippen molar-refractivity contribution in [2.24, 2.45) is 0 Å². The molecule has 1 fully saturated rings. The SMILES string of the molecule is N#Cc1c(N2CCCN(c3ccc4ncoc4c3)CC2)cc[nH]c1=S. The van der Waals surface area contributed by atoms with Gasteiger partial charge in [0.25, 0.3) is 0 Å². The molecule has 0 saturated carbocycles. The summed E-state index contributed by atoms with van der Waals surface area (Å²) in [5.41, 5.74) is 4.28. The second-order valence-electron chi connectivity index (χ2n) is 6.01. The third kappa shape index (κ3) is 2.96. The molecule has 2 aromatic heterocycles. The molecule has 1 N–H and O–H groups in total. The number of nitriles is 1. The largest absolute Gasteiger partial charge is 0.443 e. The molecule has 0 atom stereocenters. The van der Waals surface area contributed by atoms with Gasteiger partial charge in [-0.25, -0.2) is 4.98 Å². The van der Waals surface area contributed by atoms with Crippen LogP contribution in [0.2, 0.25) is 0 Å². The van der Waals surface area contributed by atoms with Gasteiger partial charge in [0.2, 0.25) is 0 Å². The molecule has 6 nitrogen and oxygen atoms in total. The first-order chi connectivity index (χ1) is 12.3. The molecule has 0 unspecified atom stereocenters. The van der Waals surface area contributed by atoms with Crippen molar-refractivity contribution in [2.45, 2.75) is 6.42 Å². The lowest BCUT2D eigenvalue weighted by Crippen LogP contribution is -2.31. The third-order valence-electron chi connectivity index (χ3n) is 4.57. The highest BCUT2D eigenvalue weighted by Crippen LogP contribution is 2.25. The zero-order valence-electron chi connectivity index (χ0n) is 13.6. The van der Waals surface area contributed by atoms with Crippen LogP contribution in [0.3, 0.4) is 0 Å². The fourth-order valence-electron chi connectivity index (χ4n) is 3.30. The molecule has 0 bridgehead atoms. The predicted octanol–water partition coefficient (Wildman–Crippen LogP) is 3.47. The number of benzene rings is 1. The molecule has 25 heavy (non-hydrogen) atoms. The molecule has 3 aromatic rings. The van der Waals surface area contributed by atoms with E-state index >= 15 is 0 Å². The van der Waals surface area contributed by atoms with Crippen LogP contribution in [0.1, 0.15) is 12.0 Å². The number of pyridine rings is 1. The maximum absolute atomic E-state index is 9.42. The Hall–Kier alpha value is -2.85. The number of hydrogen-bond acceptors (Lipinski definition) is 6. The molecule has 126 valence electrons. The van der Waals surface area contributed by atoms with E-state index in [2.05, 4.69) is 31.9 Å². The molecule has 0 amide bonds. The summed E-state index contributed by atoms with van der Waals surface area (Å²) < 4.78 is 5.91. The summed E-state index contributed by atoms with van der Waals surface area (Å²) in [7, 11) is 0. The van der Waals surface area contributed by atoms with Gasteiger partial charge in [0.15, 0.2) is 12.0 Å². The van der Waals surface area contributed by atoms with Crippen molar-refractivity contribution in [1.82, 2.24) is 9.97 Å². The van der Waals surface area contributed by atoms with Crippen LogP contribution < -0.4 is 9.80 Å². The van der Waals surface area contributed by atoms with Gasteiger partial charge in [-0.15, -0.1) is 0 Å². The first-order valence-corrected chi connectivity index (χ1v) is 8.62. The Kier molecular flexibility index (Phi) is 4.12. The molecule has 0 aliphatic carbocycles. The van der Waals surface area contributed by atoms with Gasteiger partial charge in [0.1, 0.15) is 21.8 Å². The van der Waals surface area contributed by atoms with Gasteiger partial charge in [-0.1, -0.05) is 12.2 Å². The second kappa shape index (κ2) is 6.57. The van der Waals surface area contributed by atoms with Crippen LogP contribution in [0.5, 0.6) is 0 Å². The van der Waals surface area contributed by atoms with Crippen LogP contribution in [-0.2, 0) is 0 Å². The number of anilines is 2. The average molecular weight is 351 g/mol. The monoisotopic (exact) mass is 351 g/mol. The molecule has 0 spiro atoms. The molecule has 1 aromatic carbocycles. The Bertz CT molecular complexity index is 1000. The lowest BCUT2D eigenvalue weighted by atomic mass is 10.2. The van der Waals surface area contributed by atoms with Crippen molar-refractivity contribution in [3.05, 3.63) is 47.1 Å². The summed E-state index contributed by atoms with van der Waals surface area (Å²) in [6, 6.07) is 10.3. The summed E-state index contributed by atoms with van der Waals surface area (Å²) in [4.78, 5) is 11.7. The molecule has 0 radical (unpaired) electrons. The highest BCUT2D eigenvalue weighted by molar-refractivity contribution is 7.71. The van der Waals surface area contributed by atoms with E-state index in [1.807, 2.05) is 18.2 Å². The van der Waals surface area contributed by atoms with Crippen molar-refractivity contribution in [3.63, 3.8) is 0 Å². The fourth-order valence-corrected chi connectivity index (χ4v) is 3.51. The molecule has 1 aliphatic rings. The highest BCUT2D eigenvalue weighted by atomic mass is 32.1. The molecule has 3 heterocycles. The number of aromatic amines is 1. The maximum Gasteiger partial charge on any atom is 0.181 e. The number of aromatic nitrogens is 2. The van der Waals surface area contributed by atoms with Gasteiger partial charge in [0.05, 0.1) is 5.69 Å². The van der Waals surface area contributed by atoms with Crippen molar-refractivity contribution >= 4 is 34.7 Å². The Morgan fingerprint density at radius 2 is 2.00 bits per heavy atom. The van der Waals surface area contributed by atoms with Gasteiger partial charge in [-0.2, -0.15) is 5.26 Å². The average Bonchev–Trinajstić information content (AvgIpc) is 2.96. The zero-order chi connectivity index (χ0) is 17.2. The van der Waals surface area contributed by atoms with E-state index in [0.29, 0.717) is 10.2 Å². The Labute approximate surface area is 150 Å². The minimum Gasteiger partial charge on any atom is -0.443 e. The van der Waals surface area contributed by atoms with Crippen molar-refractivity contribution in [2.75, 3.05) is 36.0 Å². The van der Waals surface area contributed by atoms with E-state index in [1.165, 1.54) is 6.39 Å². The van der Waals surface area contributed by atoms with Crippen LogP contribution in [0.15, 0.2) is 41.3 Å². The van der Waals surface area contributed by atoms with E-state index < -0.39 is 0 Å². The van der Waals surface area contributed by atoms with Crippen LogP contribution in [0, 0.1) is 16.0 Å². The van der Waals surface area contributed by atoms with E-state index in [-0.39, 0.29) is 0 Å². The normalized spacial score (nSPS) is 15.2. The third-order valence-corrected chi connectivity index (χ3v) is 4.89. The lowest BCUT2D eigenvalue weighted by Gasteiger charge is -2.25. The van der Waals surface area contributed by atoms with Gasteiger partial charge in [-0.05, 0) is 24.6 Å². The molecular formula is C18H17N5OS. The standard InChI is InChI=1S/C18H17N5OS/c19-11-14-16(4-5-20-18(14)25)23-7-1-6-22(8-9-23)13-2-3-15-17(10-13)24-12-21-15/h2-5,10,12H,1,6-9H2,(H,20,25). The summed E-state index contributed by atoms with van der Waals surface area (Å²) in [5.74, 6) is 0. The first-order valence-electron chi connectivity index (χ1n) is 8.21. The number of fused-ring (bicyclic) bond motifs is 1. The highest BCUT2D eigenvalue weighted by Gasteiger charge is 2.18. The quantitative estimate of drug-likeness (QED) is 0.713. The molecule has 1 aliphatic heterocycles. The Morgan fingerprint density at radius 1 is 1.16 bits per heavy atom. The summed E-state index contributed by atoms with van der Waals surface area (Å²) in [6.07, 6.45) is 4.28. The number of rotatable bonds is 2. The van der Waals surface area contributed by atoms with Crippen LogP contribution >= 0.6 is 12.2 Å². The van der Waals surface area contributed by atoms with Crippen molar-refractivity contribution in [3.8, 4) is 6.07 Å². The fraction of sp³-hybridized carbons (Fsp3) is 0.278. The van der Waals surface area contributed by atoms with Gasteiger partial charge in [-0.3, -0.25) is 0 Å². The number of nitrogens with one attached hydrogen (secondary N) is 1.